The van der Waals surface area contributed by atoms with Crippen LogP contribution in [0.2, 0.25) is 0 Å². The predicted octanol–water partition coefficient (Wildman–Crippen LogP) is 5.15. The van der Waals surface area contributed by atoms with Crippen molar-refractivity contribution in [3.63, 3.8) is 0 Å². The summed E-state index contributed by atoms with van der Waals surface area (Å²) in [6.45, 7) is 15.5. The van der Waals surface area contributed by atoms with E-state index in [1.165, 1.54) is 12.0 Å². The molecule has 2 atom stereocenters. The highest BCUT2D eigenvalue weighted by Crippen LogP contribution is 2.24. The molecule has 0 rings (SSSR count). The molecule has 0 saturated carbocycles. The fourth-order valence-corrected chi connectivity index (χ4v) is 2.40. The summed E-state index contributed by atoms with van der Waals surface area (Å²) in [5, 5.41) is 0. The van der Waals surface area contributed by atoms with Crippen molar-refractivity contribution in [3.8, 4) is 0 Å². The van der Waals surface area contributed by atoms with Gasteiger partial charge in [0.25, 0.3) is 0 Å². The van der Waals surface area contributed by atoms with Crippen LogP contribution in [0, 0.1) is 17.8 Å². The van der Waals surface area contributed by atoms with E-state index in [9.17, 15) is 4.79 Å². The third kappa shape index (κ3) is 8.95. The molecule has 0 N–H and O–H groups in total. The van der Waals surface area contributed by atoms with Gasteiger partial charge in [0.1, 0.15) is 0 Å². The Kier molecular flexibility index (Phi) is 9.28. The number of esters is 1. The van der Waals surface area contributed by atoms with Gasteiger partial charge in [-0.05, 0) is 56.9 Å². The fraction of sp³-hybridized carbons (Fsp3) is 0.722. The minimum atomic E-state index is -0.254. The van der Waals surface area contributed by atoms with Crippen molar-refractivity contribution in [1.29, 1.82) is 0 Å². The van der Waals surface area contributed by atoms with Crippen molar-refractivity contribution < 1.29 is 9.53 Å². The average molecular weight is 280 g/mol. The molecule has 0 spiro atoms. The first-order valence-corrected chi connectivity index (χ1v) is 7.78. The van der Waals surface area contributed by atoms with Gasteiger partial charge in [-0.15, -0.1) is 0 Å². The summed E-state index contributed by atoms with van der Waals surface area (Å²) < 4.78 is 4.91. The lowest BCUT2D eigenvalue weighted by Crippen LogP contribution is -2.09. The normalized spacial score (nSPS) is 16.2. The number of ether oxygens (including phenoxy) is 1. The van der Waals surface area contributed by atoms with Gasteiger partial charge in [-0.25, -0.2) is 4.79 Å². The summed E-state index contributed by atoms with van der Waals surface area (Å²) in [5.41, 5.74) is 2.29. The van der Waals surface area contributed by atoms with Crippen molar-refractivity contribution in [3.05, 3.63) is 23.3 Å². The SMILES string of the molecule is CCOC(=O)/C=C(C)/C=C(\C)CC(C)CC(C)C(C)C. The molecule has 116 valence electrons. The summed E-state index contributed by atoms with van der Waals surface area (Å²) in [5.74, 6) is 1.93. The first-order valence-electron chi connectivity index (χ1n) is 7.78. The zero-order valence-electron chi connectivity index (χ0n) is 14.3. The van der Waals surface area contributed by atoms with Crippen molar-refractivity contribution in [2.24, 2.45) is 17.8 Å². The Hall–Kier alpha value is -1.05. The van der Waals surface area contributed by atoms with E-state index in [2.05, 4.69) is 40.7 Å². The van der Waals surface area contributed by atoms with E-state index < -0.39 is 0 Å². The van der Waals surface area contributed by atoms with E-state index in [-0.39, 0.29) is 5.97 Å². The lowest BCUT2D eigenvalue weighted by molar-refractivity contribution is -0.137. The molecular formula is C18H32O2. The third-order valence-electron chi connectivity index (χ3n) is 3.69. The largest absolute Gasteiger partial charge is 0.463 e. The molecule has 0 aromatic heterocycles. The summed E-state index contributed by atoms with van der Waals surface area (Å²) >= 11 is 0. The van der Waals surface area contributed by atoms with Crippen molar-refractivity contribution in [2.75, 3.05) is 6.61 Å². The van der Waals surface area contributed by atoms with Gasteiger partial charge in [0.05, 0.1) is 6.61 Å². The molecule has 0 aliphatic carbocycles. The lowest BCUT2D eigenvalue weighted by Gasteiger charge is -2.20. The Morgan fingerprint density at radius 1 is 1.10 bits per heavy atom. The maximum Gasteiger partial charge on any atom is 0.330 e. The van der Waals surface area contributed by atoms with Crippen LogP contribution in [0.1, 0.15) is 61.3 Å². The predicted molar refractivity (Wildman–Crippen MR) is 86.5 cm³/mol. The van der Waals surface area contributed by atoms with Gasteiger partial charge >= 0.3 is 5.97 Å². The van der Waals surface area contributed by atoms with Crippen LogP contribution in [0.5, 0.6) is 0 Å². The second-order valence-corrected chi connectivity index (χ2v) is 6.40. The number of rotatable bonds is 8. The first-order chi connectivity index (χ1) is 9.26. The van der Waals surface area contributed by atoms with Crippen LogP contribution in [-0.2, 0) is 9.53 Å². The van der Waals surface area contributed by atoms with Gasteiger partial charge < -0.3 is 4.74 Å². The number of carbonyl (C=O) groups excluding carboxylic acids is 1. The van der Waals surface area contributed by atoms with E-state index >= 15 is 0 Å². The van der Waals surface area contributed by atoms with Crippen molar-refractivity contribution >= 4 is 5.97 Å². The summed E-state index contributed by atoms with van der Waals surface area (Å²) in [4.78, 5) is 11.3. The molecule has 0 aromatic carbocycles. The molecule has 0 heterocycles. The highest BCUT2D eigenvalue weighted by molar-refractivity contribution is 5.83. The average Bonchev–Trinajstić information content (AvgIpc) is 2.27. The number of hydrogen-bond acceptors (Lipinski definition) is 2. The Bertz CT molecular complexity index is 350. The molecule has 0 aliphatic heterocycles. The summed E-state index contributed by atoms with van der Waals surface area (Å²) in [6.07, 6.45) is 6.00. The lowest BCUT2D eigenvalue weighted by atomic mass is 9.86. The van der Waals surface area contributed by atoms with E-state index in [0.29, 0.717) is 12.5 Å². The van der Waals surface area contributed by atoms with E-state index in [1.807, 2.05) is 13.8 Å². The molecule has 0 aliphatic rings. The third-order valence-corrected chi connectivity index (χ3v) is 3.69. The molecule has 0 bridgehead atoms. The van der Waals surface area contributed by atoms with Crippen molar-refractivity contribution in [2.45, 2.75) is 61.3 Å². The smallest absolute Gasteiger partial charge is 0.330 e. The highest BCUT2D eigenvalue weighted by atomic mass is 16.5. The van der Waals surface area contributed by atoms with Crippen molar-refractivity contribution in [1.82, 2.24) is 0 Å². The Morgan fingerprint density at radius 3 is 2.20 bits per heavy atom. The molecule has 0 fully saturated rings. The van der Waals surface area contributed by atoms with Crippen LogP contribution in [0.25, 0.3) is 0 Å². The number of allylic oxidation sites excluding steroid dienone is 3. The van der Waals surface area contributed by atoms with Gasteiger partial charge in [0.15, 0.2) is 0 Å². The Balaban J connectivity index is 4.41. The molecule has 2 nitrogen and oxygen atoms in total. The number of hydrogen-bond donors (Lipinski definition) is 0. The molecule has 0 amide bonds. The Morgan fingerprint density at radius 2 is 1.70 bits per heavy atom. The number of carbonyl (C=O) groups is 1. The molecule has 2 unspecified atom stereocenters. The van der Waals surface area contributed by atoms with Gasteiger partial charge in [-0.1, -0.05) is 39.3 Å². The highest BCUT2D eigenvalue weighted by Gasteiger charge is 2.12. The molecular weight excluding hydrogens is 248 g/mol. The summed E-state index contributed by atoms with van der Waals surface area (Å²) in [7, 11) is 0. The minimum absolute atomic E-state index is 0.254. The van der Waals surface area contributed by atoms with E-state index in [1.54, 1.807) is 6.08 Å². The maximum absolute atomic E-state index is 11.3. The van der Waals surface area contributed by atoms with Crippen LogP contribution < -0.4 is 0 Å². The van der Waals surface area contributed by atoms with Gasteiger partial charge in [0, 0.05) is 6.08 Å². The Labute approximate surface area is 125 Å². The minimum Gasteiger partial charge on any atom is -0.463 e. The second kappa shape index (κ2) is 9.79. The first kappa shape index (κ1) is 18.9. The molecule has 2 heteroatoms. The summed E-state index contributed by atoms with van der Waals surface area (Å²) in [6, 6.07) is 0. The van der Waals surface area contributed by atoms with Gasteiger partial charge in [-0.3, -0.25) is 0 Å². The molecule has 0 saturated heterocycles. The van der Waals surface area contributed by atoms with Crippen LogP contribution in [0.15, 0.2) is 23.3 Å². The monoisotopic (exact) mass is 280 g/mol. The van der Waals surface area contributed by atoms with E-state index in [0.717, 1.165) is 23.8 Å². The zero-order chi connectivity index (χ0) is 15.7. The van der Waals surface area contributed by atoms with Crippen LogP contribution in [-0.4, -0.2) is 12.6 Å². The zero-order valence-corrected chi connectivity index (χ0v) is 14.3. The molecule has 20 heavy (non-hydrogen) atoms. The molecule has 0 radical (unpaired) electrons. The maximum atomic E-state index is 11.3. The van der Waals surface area contributed by atoms with Gasteiger partial charge in [0.2, 0.25) is 0 Å². The van der Waals surface area contributed by atoms with Crippen LogP contribution in [0.3, 0.4) is 0 Å². The second-order valence-electron chi connectivity index (χ2n) is 6.40. The van der Waals surface area contributed by atoms with Gasteiger partial charge in [-0.2, -0.15) is 0 Å². The van der Waals surface area contributed by atoms with Crippen LogP contribution in [0.4, 0.5) is 0 Å². The van der Waals surface area contributed by atoms with E-state index in [4.69, 9.17) is 4.74 Å². The van der Waals surface area contributed by atoms with Crippen LogP contribution >= 0.6 is 0 Å². The standard InChI is InChI=1S/C18H32O2/c1-8-20-18(19)12-16(6)10-14(4)9-15(5)11-17(7)13(2)3/h10,12-13,15,17H,8-9,11H2,1-7H3/b14-10+,16-12+. The topological polar surface area (TPSA) is 26.3 Å². The quantitative estimate of drug-likeness (QED) is 0.349. The molecule has 0 aromatic rings. The fourth-order valence-electron chi connectivity index (χ4n) is 2.40.